The molecule has 1 aliphatic heterocycles. The highest BCUT2D eigenvalue weighted by molar-refractivity contribution is 5.28. The molecule has 0 bridgehead atoms. The maximum Gasteiger partial charge on any atom is 0.0807 e. The number of fused-ring (bicyclic) bond motifs is 1. The Balaban J connectivity index is 1.72. The Morgan fingerprint density at radius 1 is 1.28 bits per heavy atom. The molecule has 3 rings (SSSR count). The molecule has 3 atom stereocenters. The Kier molecular flexibility index (Phi) is 3.44. The molecule has 1 aromatic rings. The first-order chi connectivity index (χ1) is 8.72. The second-order valence-corrected chi connectivity index (χ2v) is 5.84. The molecule has 3 unspecified atom stereocenters. The van der Waals surface area contributed by atoms with Crippen LogP contribution in [0.1, 0.15) is 56.3 Å². The quantitative estimate of drug-likeness (QED) is 0.818. The lowest BCUT2D eigenvalue weighted by molar-refractivity contribution is 0.0457. The fourth-order valence-electron chi connectivity index (χ4n) is 3.25. The standard InChI is InChI=1S/C15H23NO2/c1-11-6-7-13(18-11)9-16-8-12-4-2-3-5-15(17)14(12)10-16/h8,10-11,13,15,17H,2-7,9H2,1H3. The maximum absolute atomic E-state index is 10.1. The molecule has 18 heavy (non-hydrogen) atoms. The minimum atomic E-state index is -0.257. The molecule has 0 spiro atoms. The number of hydrogen-bond donors (Lipinski definition) is 1. The summed E-state index contributed by atoms with van der Waals surface area (Å²) in [5, 5.41) is 10.1. The van der Waals surface area contributed by atoms with Gasteiger partial charge in [-0.15, -0.1) is 0 Å². The van der Waals surface area contributed by atoms with Gasteiger partial charge in [0.25, 0.3) is 0 Å². The Labute approximate surface area is 109 Å². The number of aryl methyl sites for hydroxylation is 1. The van der Waals surface area contributed by atoms with Gasteiger partial charge in [0.05, 0.1) is 18.3 Å². The van der Waals surface area contributed by atoms with E-state index in [-0.39, 0.29) is 6.10 Å². The molecule has 3 nitrogen and oxygen atoms in total. The average Bonchev–Trinajstić information content (AvgIpc) is 2.88. The van der Waals surface area contributed by atoms with Gasteiger partial charge in [-0.3, -0.25) is 0 Å². The highest BCUT2D eigenvalue weighted by Crippen LogP contribution is 2.30. The number of aromatic nitrogens is 1. The third-order valence-electron chi connectivity index (χ3n) is 4.26. The highest BCUT2D eigenvalue weighted by Gasteiger charge is 2.23. The Morgan fingerprint density at radius 3 is 2.94 bits per heavy atom. The lowest BCUT2D eigenvalue weighted by Crippen LogP contribution is -2.15. The largest absolute Gasteiger partial charge is 0.388 e. The van der Waals surface area contributed by atoms with Crippen LogP contribution in [0.2, 0.25) is 0 Å². The molecule has 0 amide bonds. The SMILES string of the molecule is CC1CCC(Cn2cc3c(c2)C(O)CCCC3)O1. The summed E-state index contributed by atoms with van der Waals surface area (Å²) in [6, 6.07) is 0. The monoisotopic (exact) mass is 249 g/mol. The number of nitrogens with zero attached hydrogens (tertiary/aromatic N) is 1. The molecular formula is C15H23NO2. The van der Waals surface area contributed by atoms with Crippen LogP contribution in [0.5, 0.6) is 0 Å². The number of aliphatic hydroxyl groups excluding tert-OH is 1. The summed E-state index contributed by atoms with van der Waals surface area (Å²) in [5.41, 5.74) is 2.49. The van der Waals surface area contributed by atoms with Crippen molar-refractivity contribution in [2.24, 2.45) is 0 Å². The molecule has 100 valence electrons. The molecule has 3 heteroatoms. The lowest BCUT2D eigenvalue weighted by Gasteiger charge is -2.12. The van der Waals surface area contributed by atoms with Crippen molar-refractivity contribution in [3.63, 3.8) is 0 Å². The predicted molar refractivity (Wildman–Crippen MR) is 70.5 cm³/mol. The van der Waals surface area contributed by atoms with E-state index in [2.05, 4.69) is 23.9 Å². The molecule has 1 N–H and O–H groups in total. The topological polar surface area (TPSA) is 34.4 Å². The number of aliphatic hydroxyl groups is 1. The summed E-state index contributed by atoms with van der Waals surface area (Å²) in [4.78, 5) is 0. The van der Waals surface area contributed by atoms with Crippen LogP contribution in [0.3, 0.4) is 0 Å². The summed E-state index contributed by atoms with van der Waals surface area (Å²) >= 11 is 0. The van der Waals surface area contributed by atoms with Gasteiger partial charge in [-0.1, -0.05) is 6.42 Å². The zero-order chi connectivity index (χ0) is 12.5. The number of rotatable bonds is 2. The van der Waals surface area contributed by atoms with Crippen LogP contribution in [-0.2, 0) is 17.7 Å². The van der Waals surface area contributed by atoms with Crippen molar-refractivity contribution in [3.05, 3.63) is 23.5 Å². The van der Waals surface area contributed by atoms with E-state index in [1.54, 1.807) is 0 Å². The minimum absolute atomic E-state index is 0.257. The lowest BCUT2D eigenvalue weighted by atomic mass is 10.1. The third-order valence-corrected chi connectivity index (χ3v) is 4.26. The minimum Gasteiger partial charge on any atom is -0.388 e. The zero-order valence-electron chi connectivity index (χ0n) is 11.1. The van der Waals surface area contributed by atoms with Crippen LogP contribution in [0.4, 0.5) is 0 Å². The summed E-state index contributed by atoms with van der Waals surface area (Å²) in [6.45, 7) is 3.08. The molecule has 1 fully saturated rings. The van der Waals surface area contributed by atoms with Crippen LogP contribution in [0.25, 0.3) is 0 Å². The van der Waals surface area contributed by atoms with Crippen molar-refractivity contribution < 1.29 is 9.84 Å². The summed E-state index contributed by atoms with van der Waals surface area (Å²) in [7, 11) is 0. The first-order valence-corrected chi connectivity index (χ1v) is 7.24. The van der Waals surface area contributed by atoms with Crippen molar-refractivity contribution in [1.29, 1.82) is 0 Å². The smallest absolute Gasteiger partial charge is 0.0807 e. The molecule has 1 saturated heterocycles. The van der Waals surface area contributed by atoms with Gasteiger partial charge in [-0.05, 0) is 44.6 Å². The second-order valence-electron chi connectivity index (χ2n) is 5.84. The van der Waals surface area contributed by atoms with E-state index in [9.17, 15) is 5.11 Å². The molecule has 1 aliphatic carbocycles. The van der Waals surface area contributed by atoms with Crippen LogP contribution in [0.15, 0.2) is 12.4 Å². The fraction of sp³-hybridized carbons (Fsp3) is 0.733. The Hall–Kier alpha value is -0.800. The summed E-state index contributed by atoms with van der Waals surface area (Å²) in [6.07, 6.45) is 11.6. The molecule has 2 aliphatic rings. The molecule has 0 saturated carbocycles. The molecular weight excluding hydrogens is 226 g/mol. The van der Waals surface area contributed by atoms with E-state index in [0.717, 1.165) is 37.8 Å². The molecule has 0 radical (unpaired) electrons. The normalized spacial score (nSPS) is 32.2. The van der Waals surface area contributed by atoms with Crippen molar-refractivity contribution in [3.8, 4) is 0 Å². The maximum atomic E-state index is 10.1. The van der Waals surface area contributed by atoms with Crippen LogP contribution in [0, 0.1) is 0 Å². The van der Waals surface area contributed by atoms with E-state index < -0.39 is 0 Å². The van der Waals surface area contributed by atoms with Gasteiger partial charge in [-0.25, -0.2) is 0 Å². The van der Waals surface area contributed by atoms with E-state index in [1.165, 1.54) is 18.4 Å². The zero-order valence-corrected chi connectivity index (χ0v) is 11.1. The predicted octanol–water partition coefficient (Wildman–Crippen LogP) is 2.82. The third kappa shape index (κ3) is 2.47. The first kappa shape index (κ1) is 12.2. The highest BCUT2D eigenvalue weighted by atomic mass is 16.5. The van der Waals surface area contributed by atoms with Crippen molar-refractivity contribution in [2.75, 3.05) is 0 Å². The summed E-state index contributed by atoms with van der Waals surface area (Å²) in [5.74, 6) is 0. The van der Waals surface area contributed by atoms with E-state index in [0.29, 0.717) is 12.2 Å². The average molecular weight is 249 g/mol. The number of ether oxygens (including phenoxy) is 1. The van der Waals surface area contributed by atoms with Gasteiger partial charge in [0, 0.05) is 24.5 Å². The van der Waals surface area contributed by atoms with Gasteiger partial charge >= 0.3 is 0 Å². The Morgan fingerprint density at radius 2 is 2.17 bits per heavy atom. The van der Waals surface area contributed by atoms with Crippen molar-refractivity contribution in [2.45, 2.75) is 70.3 Å². The second kappa shape index (κ2) is 5.06. The van der Waals surface area contributed by atoms with E-state index >= 15 is 0 Å². The van der Waals surface area contributed by atoms with Gasteiger partial charge in [-0.2, -0.15) is 0 Å². The van der Waals surface area contributed by atoms with Crippen molar-refractivity contribution in [1.82, 2.24) is 4.57 Å². The molecule has 1 aromatic heterocycles. The number of hydrogen-bond acceptors (Lipinski definition) is 2. The molecule has 0 aromatic carbocycles. The van der Waals surface area contributed by atoms with Gasteiger partial charge in [0.15, 0.2) is 0 Å². The van der Waals surface area contributed by atoms with Gasteiger partial charge in [0.2, 0.25) is 0 Å². The first-order valence-electron chi connectivity index (χ1n) is 7.24. The van der Waals surface area contributed by atoms with E-state index in [4.69, 9.17) is 4.74 Å². The van der Waals surface area contributed by atoms with Gasteiger partial charge in [0.1, 0.15) is 0 Å². The van der Waals surface area contributed by atoms with Crippen LogP contribution >= 0.6 is 0 Å². The van der Waals surface area contributed by atoms with E-state index in [1.807, 2.05) is 0 Å². The van der Waals surface area contributed by atoms with Gasteiger partial charge < -0.3 is 14.4 Å². The molecule has 2 heterocycles. The van der Waals surface area contributed by atoms with Crippen LogP contribution in [-0.4, -0.2) is 21.9 Å². The fourth-order valence-corrected chi connectivity index (χ4v) is 3.25. The Bertz CT molecular complexity index is 413. The van der Waals surface area contributed by atoms with Crippen molar-refractivity contribution >= 4 is 0 Å². The summed E-state index contributed by atoms with van der Waals surface area (Å²) < 4.78 is 8.09. The van der Waals surface area contributed by atoms with Crippen LogP contribution < -0.4 is 0 Å².